The summed E-state index contributed by atoms with van der Waals surface area (Å²) < 4.78 is 36.3. The van der Waals surface area contributed by atoms with Crippen LogP contribution in [0, 0.1) is 10.1 Å². The third-order valence-corrected chi connectivity index (χ3v) is 5.66. The van der Waals surface area contributed by atoms with Crippen LogP contribution in [0.5, 0.6) is 5.75 Å². The molecule has 0 aliphatic rings. The molecule has 0 saturated carbocycles. The maximum atomic E-state index is 13.0. The Balaban J connectivity index is 1.72. The number of alkyl halides is 2. The zero-order valence-electron chi connectivity index (χ0n) is 18.2. The lowest BCUT2D eigenvalue weighted by Gasteiger charge is -2.18. The molecule has 1 N–H and O–H groups in total. The second kappa shape index (κ2) is 9.86. The minimum atomic E-state index is -3.07. The van der Waals surface area contributed by atoms with Gasteiger partial charge >= 0.3 is 6.61 Å². The van der Waals surface area contributed by atoms with Crippen molar-refractivity contribution in [2.75, 3.05) is 6.54 Å². The quantitative estimate of drug-likeness (QED) is 0.247. The smallest absolute Gasteiger partial charge is 0.387 e. The second-order valence-corrected chi connectivity index (χ2v) is 7.95. The van der Waals surface area contributed by atoms with E-state index in [9.17, 15) is 23.7 Å². The molecule has 4 rings (SSSR count). The minimum absolute atomic E-state index is 0.0606. The highest BCUT2D eigenvalue weighted by atomic mass is 19.3. The average molecular weight is 468 g/mol. The SMILES string of the molecule is C[C@@H](NC(=O)C[C@@H](C[N+](=O)[O-])c1ccc(OC(F)F)c2oc3ccccc3c12)c1ccccc1. The number of carbonyl (C=O) groups is 1. The monoisotopic (exact) mass is 468 g/mol. The van der Waals surface area contributed by atoms with Gasteiger partial charge in [-0.15, -0.1) is 0 Å². The van der Waals surface area contributed by atoms with Gasteiger partial charge in [0, 0.05) is 22.1 Å². The van der Waals surface area contributed by atoms with Crippen molar-refractivity contribution in [3.8, 4) is 5.75 Å². The van der Waals surface area contributed by atoms with Crippen molar-refractivity contribution < 1.29 is 27.7 Å². The first-order valence-corrected chi connectivity index (χ1v) is 10.7. The predicted molar refractivity (Wildman–Crippen MR) is 123 cm³/mol. The molecule has 0 fully saturated rings. The van der Waals surface area contributed by atoms with E-state index in [0.29, 0.717) is 21.9 Å². The second-order valence-electron chi connectivity index (χ2n) is 7.95. The topological polar surface area (TPSA) is 94.6 Å². The normalized spacial score (nSPS) is 13.2. The first kappa shape index (κ1) is 23.2. The Morgan fingerprint density at radius 2 is 1.79 bits per heavy atom. The Bertz CT molecular complexity index is 1320. The maximum Gasteiger partial charge on any atom is 0.387 e. The summed E-state index contributed by atoms with van der Waals surface area (Å²) in [6.45, 7) is -1.76. The van der Waals surface area contributed by atoms with Gasteiger partial charge in [-0.25, -0.2) is 0 Å². The summed E-state index contributed by atoms with van der Waals surface area (Å²) in [5.74, 6) is -1.36. The highest BCUT2D eigenvalue weighted by molar-refractivity contribution is 6.09. The van der Waals surface area contributed by atoms with Gasteiger partial charge in [-0.2, -0.15) is 8.78 Å². The molecule has 0 radical (unpaired) electrons. The van der Waals surface area contributed by atoms with Crippen molar-refractivity contribution in [2.24, 2.45) is 0 Å². The van der Waals surface area contributed by atoms with Crippen molar-refractivity contribution >= 4 is 27.8 Å². The average Bonchev–Trinajstić information content (AvgIpc) is 3.19. The molecule has 3 aromatic carbocycles. The number of furan rings is 1. The van der Waals surface area contributed by atoms with Crippen molar-refractivity contribution in [1.29, 1.82) is 0 Å². The Morgan fingerprint density at radius 1 is 1.09 bits per heavy atom. The number of hydrogen-bond donors (Lipinski definition) is 1. The summed E-state index contributed by atoms with van der Waals surface area (Å²) in [6.07, 6.45) is -0.165. The molecule has 0 bridgehead atoms. The molecule has 0 spiro atoms. The van der Waals surface area contributed by atoms with Crippen LogP contribution in [-0.2, 0) is 4.79 Å². The molecule has 1 amide bonds. The van der Waals surface area contributed by atoms with Gasteiger partial charge < -0.3 is 14.5 Å². The molecule has 7 nitrogen and oxygen atoms in total. The van der Waals surface area contributed by atoms with Gasteiger partial charge in [0.1, 0.15) is 5.58 Å². The van der Waals surface area contributed by atoms with E-state index >= 15 is 0 Å². The van der Waals surface area contributed by atoms with E-state index in [0.717, 1.165) is 5.56 Å². The fourth-order valence-corrected chi connectivity index (χ4v) is 4.16. The number of ether oxygens (including phenoxy) is 1. The number of rotatable bonds is 9. The molecule has 0 aliphatic heterocycles. The molecule has 0 aliphatic carbocycles. The fraction of sp³-hybridized carbons (Fsp3) is 0.240. The van der Waals surface area contributed by atoms with Crippen LogP contribution in [0.4, 0.5) is 8.78 Å². The number of nitro groups is 1. The Kier molecular flexibility index (Phi) is 6.72. The van der Waals surface area contributed by atoms with Crippen LogP contribution in [0.3, 0.4) is 0 Å². The van der Waals surface area contributed by atoms with Gasteiger partial charge in [0.15, 0.2) is 11.3 Å². The van der Waals surface area contributed by atoms with Crippen molar-refractivity contribution in [2.45, 2.75) is 31.9 Å². The third-order valence-electron chi connectivity index (χ3n) is 5.66. The first-order valence-electron chi connectivity index (χ1n) is 10.7. The number of para-hydroxylation sites is 1. The zero-order chi connectivity index (χ0) is 24.2. The van der Waals surface area contributed by atoms with Crippen LogP contribution in [0.2, 0.25) is 0 Å². The number of carbonyl (C=O) groups excluding carboxylic acids is 1. The summed E-state index contributed by atoms with van der Waals surface area (Å²) in [4.78, 5) is 23.9. The lowest BCUT2D eigenvalue weighted by molar-refractivity contribution is -0.483. The van der Waals surface area contributed by atoms with Gasteiger partial charge in [-0.05, 0) is 30.2 Å². The van der Waals surface area contributed by atoms with Crippen LogP contribution in [0.25, 0.3) is 21.9 Å². The van der Waals surface area contributed by atoms with E-state index in [1.54, 1.807) is 24.3 Å². The van der Waals surface area contributed by atoms with Gasteiger partial charge in [-0.3, -0.25) is 14.9 Å². The van der Waals surface area contributed by atoms with E-state index in [1.807, 2.05) is 37.3 Å². The Hall–Kier alpha value is -4.01. The first-order chi connectivity index (χ1) is 16.3. The van der Waals surface area contributed by atoms with Crippen molar-refractivity contribution in [3.05, 3.63) is 88.0 Å². The van der Waals surface area contributed by atoms with Crippen LogP contribution in [-0.4, -0.2) is 24.0 Å². The maximum absolute atomic E-state index is 13.0. The number of benzene rings is 3. The minimum Gasteiger partial charge on any atom is -0.452 e. The zero-order valence-corrected chi connectivity index (χ0v) is 18.2. The Morgan fingerprint density at radius 3 is 2.50 bits per heavy atom. The molecule has 2 atom stereocenters. The largest absolute Gasteiger partial charge is 0.452 e. The van der Waals surface area contributed by atoms with Gasteiger partial charge in [0.05, 0.1) is 12.0 Å². The van der Waals surface area contributed by atoms with Crippen LogP contribution < -0.4 is 10.1 Å². The Labute approximate surface area is 193 Å². The van der Waals surface area contributed by atoms with E-state index in [1.165, 1.54) is 12.1 Å². The number of fused-ring (bicyclic) bond motifs is 3. The van der Waals surface area contributed by atoms with Crippen LogP contribution >= 0.6 is 0 Å². The molecule has 176 valence electrons. The number of halogens is 2. The van der Waals surface area contributed by atoms with Gasteiger partial charge in [-0.1, -0.05) is 54.6 Å². The molecular formula is C25H22F2N2O5. The summed E-state index contributed by atoms with van der Waals surface area (Å²) in [7, 11) is 0. The molecule has 1 heterocycles. The molecule has 9 heteroatoms. The number of nitrogens with zero attached hydrogens (tertiary/aromatic N) is 1. The van der Waals surface area contributed by atoms with Crippen LogP contribution in [0.15, 0.2) is 71.1 Å². The van der Waals surface area contributed by atoms with Gasteiger partial charge in [0.2, 0.25) is 12.5 Å². The standard InChI is InChI=1S/C25H22F2N2O5/c1-15(16-7-3-2-4-8-16)28-22(30)13-17(14-29(31)32)18-11-12-21(34-25(26)27)24-23(18)19-9-5-6-10-20(19)33-24/h2-12,15,17,25H,13-14H2,1H3,(H,28,30)/t15-,17+/m1/s1. The van der Waals surface area contributed by atoms with E-state index in [-0.39, 0.29) is 29.7 Å². The lowest BCUT2D eigenvalue weighted by Crippen LogP contribution is -2.29. The highest BCUT2D eigenvalue weighted by Gasteiger charge is 2.28. The summed E-state index contributed by atoms with van der Waals surface area (Å²) >= 11 is 0. The van der Waals surface area contributed by atoms with Crippen LogP contribution in [0.1, 0.15) is 36.4 Å². The molecule has 0 unspecified atom stereocenters. The van der Waals surface area contributed by atoms with E-state index < -0.39 is 24.0 Å². The molecule has 4 aromatic rings. The summed E-state index contributed by atoms with van der Waals surface area (Å²) in [5, 5.41) is 15.4. The predicted octanol–water partition coefficient (Wildman–Crippen LogP) is 5.82. The van der Waals surface area contributed by atoms with Crippen molar-refractivity contribution in [1.82, 2.24) is 5.32 Å². The van der Waals surface area contributed by atoms with Gasteiger partial charge in [0.25, 0.3) is 0 Å². The molecule has 0 saturated heterocycles. The lowest BCUT2D eigenvalue weighted by atomic mass is 9.91. The number of amides is 1. The van der Waals surface area contributed by atoms with E-state index in [2.05, 4.69) is 10.1 Å². The molecular weight excluding hydrogens is 446 g/mol. The fourth-order valence-electron chi connectivity index (χ4n) is 4.16. The summed E-state index contributed by atoms with van der Waals surface area (Å²) in [5.41, 5.74) is 1.84. The number of nitrogens with one attached hydrogen (secondary N) is 1. The van der Waals surface area contributed by atoms with Crippen molar-refractivity contribution in [3.63, 3.8) is 0 Å². The van der Waals surface area contributed by atoms with E-state index in [4.69, 9.17) is 4.42 Å². The number of hydrogen-bond acceptors (Lipinski definition) is 5. The molecule has 34 heavy (non-hydrogen) atoms. The molecule has 1 aromatic heterocycles. The highest BCUT2D eigenvalue weighted by Crippen LogP contribution is 2.41. The summed E-state index contributed by atoms with van der Waals surface area (Å²) in [6, 6.07) is 18.7. The third kappa shape index (κ3) is 4.98.